The zero-order valence-electron chi connectivity index (χ0n) is 17.1. The molecule has 0 aliphatic carbocycles. The minimum Gasteiger partial charge on any atom is -0.492 e. The van der Waals surface area contributed by atoms with E-state index in [0.717, 1.165) is 12.8 Å². The van der Waals surface area contributed by atoms with Crippen molar-refractivity contribution >= 4 is 5.97 Å². The second-order valence-electron chi connectivity index (χ2n) is 7.97. The number of aromatic carboxylic acids is 1. The van der Waals surface area contributed by atoms with Gasteiger partial charge in [0.2, 0.25) is 0 Å². The summed E-state index contributed by atoms with van der Waals surface area (Å²) in [6, 6.07) is 20.6. The lowest BCUT2D eigenvalue weighted by molar-refractivity contribution is 0.0697. The Labute approximate surface area is 176 Å². The third kappa shape index (κ3) is 5.24. The Morgan fingerprint density at radius 3 is 2.60 bits per heavy atom. The smallest absolute Gasteiger partial charge is 0.337 e. The zero-order chi connectivity index (χ0) is 21.6. The fourth-order valence-electron chi connectivity index (χ4n) is 3.17. The first-order valence-corrected chi connectivity index (χ1v) is 9.79. The molecule has 0 saturated heterocycles. The van der Waals surface area contributed by atoms with Crippen molar-refractivity contribution in [3.8, 4) is 23.1 Å². The highest BCUT2D eigenvalue weighted by molar-refractivity contribution is 5.94. The van der Waals surface area contributed by atoms with Crippen molar-refractivity contribution in [3.05, 3.63) is 83.6 Å². The molecule has 5 heteroatoms. The van der Waals surface area contributed by atoms with Crippen molar-refractivity contribution in [3.63, 3.8) is 0 Å². The molecule has 0 bridgehead atoms. The molecule has 3 rings (SSSR count). The van der Waals surface area contributed by atoms with Gasteiger partial charge in [-0.15, -0.1) is 0 Å². The molecular formula is C25H24N2O3. The quantitative estimate of drug-likeness (QED) is 0.551. The summed E-state index contributed by atoms with van der Waals surface area (Å²) >= 11 is 0. The van der Waals surface area contributed by atoms with Crippen LogP contribution in [0.5, 0.6) is 5.75 Å². The van der Waals surface area contributed by atoms with Crippen LogP contribution >= 0.6 is 0 Å². The predicted octanol–water partition coefficient (Wildman–Crippen LogP) is 5.36. The largest absolute Gasteiger partial charge is 0.492 e. The number of ether oxygens (including phenoxy) is 1. The number of carboxylic acid groups (broad SMARTS) is 1. The minimum absolute atomic E-state index is 0.0707. The fraction of sp³-hybridized carbons (Fsp3) is 0.240. The molecule has 0 aliphatic heterocycles. The lowest BCUT2D eigenvalue weighted by Gasteiger charge is -2.25. The summed E-state index contributed by atoms with van der Waals surface area (Å²) in [4.78, 5) is 15.6. The highest BCUT2D eigenvalue weighted by Gasteiger charge is 2.20. The van der Waals surface area contributed by atoms with E-state index >= 15 is 0 Å². The van der Waals surface area contributed by atoms with Crippen molar-refractivity contribution in [2.75, 3.05) is 6.61 Å². The molecule has 30 heavy (non-hydrogen) atoms. The Morgan fingerprint density at radius 2 is 1.90 bits per heavy atom. The van der Waals surface area contributed by atoms with Crippen molar-refractivity contribution in [2.45, 2.75) is 26.7 Å². The van der Waals surface area contributed by atoms with E-state index in [2.05, 4.69) is 37.0 Å². The number of nitriles is 1. The lowest BCUT2D eigenvalue weighted by Crippen LogP contribution is -2.22. The molecule has 0 atom stereocenters. The predicted molar refractivity (Wildman–Crippen MR) is 115 cm³/mol. The summed E-state index contributed by atoms with van der Waals surface area (Å²) in [6.45, 7) is 4.75. The normalized spacial score (nSPS) is 11.0. The molecule has 0 unspecified atom stereocenters. The number of hydrogen-bond acceptors (Lipinski definition) is 4. The molecule has 1 N–H and O–H groups in total. The van der Waals surface area contributed by atoms with Gasteiger partial charge >= 0.3 is 5.97 Å². The summed E-state index contributed by atoms with van der Waals surface area (Å²) in [5, 5.41) is 19.0. The summed E-state index contributed by atoms with van der Waals surface area (Å²) in [5.41, 5.74) is 2.57. The SMILES string of the molecule is CC(C)(CCc1ccccc1)COc1ccc(-c2ncccc2C(=O)O)cc1C#N. The highest BCUT2D eigenvalue weighted by Crippen LogP contribution is 2.30. The van der Waals surface area contributed by atoms with Gasteiger partial charge in [0, 0.05) is 11.8 Å². The summed E-state index contributed by atoms with van der Waals surface area (Å²) in [7, 11) is 0. The number of aromatic nitrogens is 1. The van der Waals surface area contributed by atoms with Gasteiger partial charge in [-0.1, -0.05) is 44.2 Å². The van der Waals surface area contributed by atoms with Crippen LogP contribution in [0, 0.1) is 16.7 Å². The molecule has 0 saturated carbocycles. The minimum atomic E-state index is -1.06. The van der Waals surface area contributed by atoms with Crippen LogP contribution in [0.1, 0.15) is 41.8 Å². The highest BCUT2D eigenvalue weighted by atomic mass is 16.5. The second kappa shape index (κ2) is 9.23. The molecule has 0 fully saturated rings. The molecule has 1 heterocycles. The number of carbonyl (C=O) groups is 1. The van der Waals surface area contributed by atoms with E-state index in [1.54, 1.807) is 24.3 Å². The van der Waals surface area contributed by atoms with Gasteiger partial charge in [-0.25, -0.2) is 4.79 Å². The van der Waals surface area contributed by atoms with Crippen LogP contribution in [-0.4, -0.2) is 22.7 Å². The first-order chi connectivity index (χ1) is 14.4. The molecule has 2 aromatic carbocycles. The maximum atomic E-state index is 11.5. The zero-order valence-corrected chi connectivity index (χ0v) is 17.1. The van der Waals surface area contributed by atoms with Crippen molar-refractivity contribution in [2.24, 2.45) is 5.41 Å². The lowest BCUT2D eigenvalue weighted by atomic mass is 9.87. The van der Waals surface area contributed by atoms with Gasteiger partial charge in [0.1, 0.15) is 11.8 Å². The molecule has 0 amide bonds. The van der Waals surface area contributed by atoms with E-state index < -0.39 is 5.97 Å². The Hall–Kier alpha value is -3.65. The molecule has 0 radical (unpaired) electrons. The average Bonchev–Trinajstić information content (AvgIpc) is 2.77. The van der Waals surface area contributed by atoms with E-state index in [4.69, 9.17) is 4.74 Å². The van der Waals surface area contributed by atoms with Gasteiger partial charge in [-0.2, -0.15) is 5.26 Å². The third-order valence-electron chi connectivity index (χ3n) is 4.96. The summed E-state index contributed by atoms with van der Waals surface area (Å²) < 4.78 is 5.99. The van der Waals surface area contributed by atoms with Gasteiger partial charge in [0.25, 0.3) is 0 Å². The van der Waals surface area contributed by atoms with E-state index in [-0.39, 0.29) is 11.0 Å². The Morgan fingerprint density at radius 1 is 1.13 bits per heavy atom. The third-order valence-corrected chi connectivity index (χ3v) is 4.96. The summed E-state index contributed by atoms with van der Waals surface area (Å²) in [6.07, 6.45) is 3.44. The number of benzene rings is 2. The topological polar surface area (TPSA) is 83.2 Å². The van der Waals surface area contributed by atoms with E-state index in [0.29, 0.717) is 29.2 Å². The Kier molecular flexibility index (Phi) is 6.48. The molecule has 1 aromatic heterocycles. The standard InChI is InChI=1S/C25H24N2O3/c1-25(2,13-12-18-7-4-3-5-8-18)17-30-22-11-10-19(15-20(22)16-26)23-21(24(28)29)9-6-14-27-23/h3-11,14-15H,12-13,17H2,1-2H3,(H,28,29). The van der Waals surface area contributed by atoms with Gasteiger partial charge in [0.15, 0.2) is 0 Å². The van der Waals surface area contributed by atoms with Gasteiger partial charge < -0.3 is 9.84 Å². The van der Waals surface area contributed by atoms with E-state index in [1.807, 2.05) is 18.2 Å². The van der Waals surface area contributed by atoms with Crippen molar-refractivity contribution in [1.82, 2.24) is 4.98 Å². The number of rotatable bonds is 8. The summed E-state index contributed by atoms with van der Waals surface area (Å²) in [5.74, 6) is -0.570. The number of nitrogens with zero attached hydrogens (tertiary/aromatic N) is 2. The van der Waals surface area contributed by atoms with Crippen LogP contribution in [0.15, 0.2) is 66.9 Å². The van der Waals surface area contributed by atoms with Gasteiger partial charge in [-0.05, 0) is 54.2 Å². The Balaban J connectivity index is 1.73. The number of aryl methyl sites for hydroxylation is 1. The van der Waals surface area contributed by atoms with E-state index in [9.17, 15) is 15.2 Å². The molecule has 5 nitrogen and oxygen atoms in total. The van der Waals surface area contributed by atoms with Gasteiger partial charge in [0.05, 0.1) is 23.4 Å². The van der Waals surface area contributed by atoms with Crippen LogP contribution in [0.4, 0.5) is 0 Å². The first kappa shape index (κ1) is 21.1. The average molecular weight is 400 g/mol. The van der Waals surface area contributed by atoms with Crippen LogP contribution in [0.3, 0.4) is 0 Å². The fourth-order valence-corrected chi connectivity index (χ4v) is 3.17. The van der Waals surface area contributed by atoms with Crippen LogP contribution in [0.25, 0.3) is 11.3 Å². The maximum absolute atomic E-state index is 11.5. The number of pyridine rings is 1. The Bertz CT molecular complexity index is 1070. The maximum Gasteiger partial charge on any atom is 0.337 e. The second-order valence-corrected chi connectivity index (χ2v) is 7.97. The monoisotopic (exact) mass is 400 g/mol. The molecule has 3 aromatic rings. The van der Waals surface area contributed by atoms with Crippen LogP contribution in [0.2, 0.25) is 0 Å². The molecule has 0 aliphatic rings. The molecule has 0 spiro atoms. The van der Waals surface area contributed by atoms with Crippen molar-refractivity contribution < 1.29 is 14.6 Å². The molecule has 152 valence electrons. The van der Waals surface area contributed by atoms with Gasteiger partial charge in [-0.3, -0.25) is 4.98 Å². The number of hydrogen-bond donors (Lipinski definition) is 1. The van der Waals surface area contributed by atoms with Crippen molar-refractivity contribution in [1.29, 1.82) is 5.26 Å². The number of carboxylic acids is 1. The molecular weight excluding hydrogens is 376 g/mol. The first-order valence-electron chi connectivity index (χ1n) is 9.79. The van der Waals surface area contributed by atoms with E-state index in [1.165, 1.54) is 17.8 Å². The van der Waals surface area contributed by atoms with Crippen LogP contribution < -0.4 is 4.74 Å². The van der Waals surface area contributed by atoms with Crippen LogP contribution in [-0.2, 0) is 6.42 Å².